The highest BCUT2D eigenvalue weighted by Gasteiger charge is 2.36. The summed E-state index contributed by atoms with van der Waals surface area (Å²) < 4.78 is 16.0. The standard InChI is InChI=1S/C18H20N2O4/c1-11-8-14(11)15-7-5-13(24-15)10-19-20-18(21)12-4-6-16(22-2)17(9-12)23-3/h4-7,9-11,14H,8H2,1-3H3,(H,20,21)/b19-10-/t11-,14-/m0/s1. The molecule has 0 aliphatic heterocycles. The first-order valence-corrected chi connectivity index (χ1v) is 7.77. The van der Waals surface area contributed by atoms with E-state index in [1.807, 2.05) is 12.1 Å². The smallest absolute Gasteiger partial charge is 0.271 e. The molecule has 1 fully saturated rings. The van der Waals surface area contributed by atoms with E-state index >= 15 is 0 Å². The second-order valence-corrected chi connectivity index (χ2v) is 5.83. The average molecular weight is 328 g/mol. The third-order valence-corrected chi connectivity index (χ3v) is 4.13. The van der Waals surface area contributed by atoms with Crippen LogP contribution in [0.1, 0.15) is 41.1 Å². The Bertz CT molecular complexity index is 766. The normalized spacial score (nSPS) is 19.3. The molecule has 1 aliphatic carbocycles. The van der Waals surface area contributed by atoms with E-state index in [0.717, 1.165) is 5.76 Å². The lowest BCUT2D eigenvalue weighted by atomic mass is 10.2. The van der Waals surface area contributed by atoms with E-state index in [0.29, 0.717) is 34.7 Å². The van der Waals surface area contributed by atoms with Gasteiger partial charge in [0.05, 0.1) is 20.4 Å². The molecular formula is C18H20N2O4. The minimum Gasteiger partial charge on any atom is -0.493 e. The van der Waals surface area contributed by atoms with Gasteiger partial charge >= 0.3 is 0 Å². The van der Waals surface area contributed by atoms with Crippen molar-refractivity contribution in [3.8, 4) is 11.5 Å². The molecule has 3 rings (SSSR count). The molecule has 1 aromatic carbocycles. The van der Waals surface area contributed by atoms with Gasteiger partial charge in [0.15, 0.2) is 11.5 Å². The van der Waals surface area contributed by atoms with Crippen molar-refractivity contribution in [1.82, 2.24) is 5.43 Å². The number of rotatable bonds is 6. The molecule has 0 unspecified atom stereocenters. The van der Waals surface area contributed by atoms with E-state index in [1.165, 1.54) is 19.7 Å². The predicted molar refractivity (Wildman–Crippen MR) is 89.8 cm³/mol. The molecule has 0 spiro atoms. The second kappa shape index (κ2) is 6.78. The van der Waals surface area contributed by atoms with E-state index in [1.54, 1.807) is 25.3 Å². The molecule has 1 aromatic heterocycles. The monoisotopic (exact) mass is 328 g/mol. The van der Waals surface area contributed by atoms with Crippen molar-refractivity contribution in [3.05, 3.63) is 47.4 Å². The van der Waals surface area contributed by atoms with Gasteiger partial charge in [-0.15, -0.1) is 0 Å². The highest BCUT2D eigenvalue weighted by molar-refractivity contribution is 5.95. The molecule has 1 heterocycles. The molecule has 1 aliphatic rings. The van der Waals surface area contributed by atoms with Gasteiger partial charge in [-0.05, 0) is 42.7 Å². The summed E-state index contributed by atoms with van der Waals surface area (Å²) in [5.41, 5.74) is 2.90. The number of nitrogens with zero attached hydrogens (tertiary/aromatic N) is 1. The fraction of sp³-hybridized carbons (Fsp3) is 0.333. The van der Waals surface area contributed by atoms with Crippen molar-refractivity contribution in [2.24, 2.45) is 11.0 Å². The van der Waals surface area contributed by atoms with Crippen molar-refractivity contribution in [2.45, 2.75) is 19.3 Å². The van der Waals surface area contributed by atoms with Crippen molar-refractivity contribution in [2.75, 3.05) is 14.2 Å². The number of methoxy groups -OCH3 is 2. The van der Waals surface area contributed by atoms with Crippen LogP contribution in [0.3, 0.4) is 0 Å². The van der Waals surface area contributed by atoms with Crippen molar-refractivity contribution in [3.63, 3.8) is 0 Å². The molecule has 0 bridgehead atoms. The second-order valence-electron chi connectivity index (χ2n) is 5.83. The lowest BCUT2D eigenvalue weighted by molar-refractivity contribution is 0.0954. The first kappa shape index (κ1) is 16.1. The SMILES string of the molecule is COc1ccc(C(=O)N/N=C\c2ccc([C@H]3C[C@@H]3C)o2)cc1OC. The fourth-order valence-corrected chi connectivity index (χ4v) is 2.55. The van der Waals surface area contributed by atoms with Crippen molar-refractivity contribution < 1.29 is 18.7 Å². The number of ether oxygens (including phenoxy) is 2. The van der Waals surface area contributed by atoms with Crippen LogP contribution >= 0.6 is 0 Å². The van der Waals surface area contributed by atoms with E-state index < -0.39 is 0 Å². The van der Waals surface area contributed by atoms with Gasteiger partial charge in [-0.25, -0.2) is 5.43 Å². The summed E-state index contributed by atoms with van der Waals surface area (Å²) >= 11 is 0. The van der Waals surface area contributed by atoms with E-state index in [4.69, 9.17) is 13.9 Å². The summed E-state index contributed by atoms with van der Waals surface area (Å²) in [6.45, 7) is 2.20. The molecule has 24 heavy (non-hydrogen) atoms. The fourth-order valence-electron chi connectivity index (χ4n) is 2.55. The lowest BCUT2D eigenvalue weighted by Crippen LogP contribution is -2.17. The van der Waals surface area contributed by atoms with E-state index in [-0.39, 0.29) is 5.91 Å². The van der Waals surface area contributed by atoms with Crippen LogP contribution in [0.2, 0.25) is 0 Å². The van der Waals surface area contributed by atoms with E-state index in [9.17, 15) is 4.79 Å². The minimum atomic E-state index is -0.338. The molecule has 0 radical (unpaired) electrons. The zero-order chi connectivity index (χ0) is 17.1. The van der Waals surface area contributed by atoms with Gasteiger partial charge in [0.2, 0.25) is 0 Å². The van der Waals surface area contributed by atoms with Crippen LogP contribution in [0.5, 0.6) is 11.5 Å². The zero-order valence-electron chi connectivity index (χ0n) is 13.9. The maximum Gasteiger partial charge on any atom is 0.271 e. The van der Waals surface area contributed by atoms with Crippen molar-refractivity contribution in [1.29, 1.82) is 0 Å². The summed E-state index contributed by atoms with van der Waals surface area (Å²) in [6.07, 6.45) is 2.66. The predicted octanol–water partition coefficient (Wildman–Crippen LogP) is 3.18. The van der Waals surface area contributed by atoms with Gasteiger partial charge < -0.3 is 13.9 Å². The molecule has 6 nitrogen and oxygen atoms in total. The number of carbonyl (C=O) groups is 1. The van der Waals surface area contributed by atoms with Gasteiger partial charge in [0.1, 0.15) is 11.5 Å². The Morgan fingerprint density at radius 2 is 2.00 bits per heavy atom. The van der Waals surface area contributed by atoms with Gasteiger partial charge in [-0.3, -0.25) is 4.79 Å². The largest absolute Gasteiger partial charge is 0.493 e. The molecule has 6 heteroatoms. The molecule has 126 valence electrons. The van der Waals surface area contributed by atoms with Crippen LogP contribution in [0.4, 0.5) is 0 Å². The van der Waals surface area contributed by atoms with Gasteiger partial charge in [-0.2, -0.15) is 5.10 Å². The lowest BCUT2D eigenvalue weighted by Gasteiger charge is -2.08. The molecule has 1 amide bonds. The van der Waals surface area contributed by atoms with Crippen LogP contribution in [0.25, 0.3) is 0 Å². The summed E-state index contributed by atoms with van der Waals surface area (Å²) in [7, 11) is 3.06. The Hall–Kier alpha value is -2.76. The number of carbonyl (C=O) groups excluding carboxylic acids is 1. The molecule has 2 aromatic rings. The Balaban J connectivity index is 1.61. The number of hydrogen-bond donors (Lipinski definition) is 1. The first-order valence-electron chi connectivity index (χ1n) is 7.77. The maximum atomic E-state index is 12.1. The first-order chi connectivity index (χ1) is 11.6. The number of nitrogens with one attached hydrogen (secondary N) is 1. The molecule has 0 saturated heterocycles. The highest BCUT2D eigenvalue weighted by atomic mass is 16.5. The molecule has 1 saturated carbocycles. The van der Waals surface area contributed by atoms with Crippen molar-refractivity contribution >= 4 is 12.1 Å². The third-order valence-electron chi connectivity index (χ3n) is 4.13. The maximum absolute atomic E-state index is 12.1. The van der Waals surface area contributed by atoms with Crippen LogP contribution in [-0.4, -0.2) is 26.3 Å². The number of hydrogen-bond acceptors (Lipinski definition) is 5. The molecule has 2 atom stereocenters. The average Bonchev–Trinajstić information content (AvgIpc) is 3.15. The van der Waals surface area contributed by atoms with Gasteiger partial charge in [0.25, 0.3) is 5.91 Å². The van der Waals surface area contributed by atoms with Crippen LogP contribution < -0.4 is 14.9 Å². The number of amides is 1. The van der Waals surface area contributed by atoms with Gasteiger partial charge in [-0.1, -0.05) is 6.92 Å². The van der Waals surface area contributed by atoms with Crippen LogP contribution in [-0.2, 0) is 0 Å². The third kappa shape index (κ3) is 3.42. The van der Waals surface area contributed by atoms with Crippen LogP contribution in [0.15, 0.2) is 39.9 Å². The summed E-state index contributed by atoms with van der Waals surface area (Å²) in [5, 5.41) is 3.94. The molecule has 1 N–H and O–H groups in total. The Labute approximate surface area is 140 Å². The summed E-state index contributed by atoms with van der Waals surface area (Å²) in [4.78, 5) is 12.1. The quantitative estimate of drug-likeness (QED) is 0.653. The summed E-state index contributed by atoms with van der Waals surface area (Å²) in [5.74, 6) is 3.53. The van der Waals surface area contributed by atoms with Gasteiger partial charge in [0, 0.05) is 11.5 Å². The topological polar surface area (TPSA) is 73.1 Å². The van der Waals surface area contributed by atoms with Crippen LogP contribution in [0, 0.1) is 5.92 Å². The number of furan rings is 1. The number of hydrazone groups is 1. The minimum absolute atomic E-state index is 0.338. The Morgan fingerprint density at radius 1 is 1.25 bits per heavy atom. The Kier molecular flexibility index (Phi) is 4.55. The van der Waals surface area contributed by atoms with E-state index in [2.05, 4.69) is 17.5 Å². The Morgan fingerprint density at radius 3 is 2.67 bits per heavy atom. The highest BCUT2D eigenvalue weighted by Crippen LogP contribution is 2.47. The molecular weight excluding hydrogens is 308 g/mol. The summed E-state index contributed by atoms with van der Waals surface area (Å²) in [6, 6.07) is 8.74. The zero-order valence-corrected chi connectivity index (χ0v) is 13.9. The number of benzene rings is 1.